The number of pyridine rings is 1. The van der Waals surface area contributed by atoms with E-state index in [-0.39, 0.29) is 11.9 Å². The van der Waals surface area contributed by atoms with Gasteiger partial charge >= 0.3 is 12.1 Å². The Bertz CT molecular complexity index is 531. The van der Waals surface area contributed by atoms with Crippen LogP contribution in [0.15, 0.2) is 18.3 Å². The molecule has 4 nitrogen and oxygen atoms in total. The zero-order chi connectivity index (χ0) is 18.8. The number of halogens is 5. The van der Waals surface area contributed by atoms with Crippen molar-refractivity contribution in [2.24, 2.45) is 0 Å². The third kappa shape index (κ3) is 5.75. The number of alkyl halides is 5. The molecule has 0 spiro atoms. The van der Waals surface area contributed by atoms with Crippen LogP contribution in [-0.2, 0) is 11.4 Å². The second-order valence-corrected chi connectivity index (χ2v) is 8.14. The molecular formula is C14H19F5N2O2S. The van der Waals surface area contributed by atoms with Crippen LogP contribution >= 0.6 is 0 Å². The van der Waals surface area contributed by atoms with Gasteiger partial charge in [0.1, 0.15) is 4.75 Å². The van der Waals surface area contributed by atoms with Crippen molar-refractivity contribution >= 4 is 11.4 Å². The molecular weight excluding hydrogens is 355 g/mol. The average Bonchev–Trinajstić information content (AvgIpc) is 2.43. The number of ether oxygens (including phenoxy) is 1. The summed E-state index contributed by atoms with van der Waals surface area (Å²) in [4.78, 5) is 3.69. The minimum Gasteiger partial charge on any atom is -0.598 e. The SMILES string of the molecule is C[C@@H](N[S@+]([O-])C(C)(C)C)c1ccc(OCC(F)(F)C(F)(F)F)nc1. The van der Waals surface area contributed by atoms with Crippen molar-refractivity contribution in [3.05, 3.63) is 23.9 Å². The van der Waals surface area contributed by atoms with Crippen molar-refractivity contribution in [1.29, 1.82) is 0 Å². The van der Waals surface area contributed by atoms with Crippen molar-refractivity contribution in [3.8, 4) is 5.88 Å². The summed E-state index contributed by atoms with van der Waals surface area (Å²) in [7, 11) is 0. The molecule has 1 aromatic rings. The molecule has 0 aromatic carbocycles. The van der Waals surface area contributed by atoms with Crippen LogP contribution in [0.2, 0.25) is 0 Å². The maximum absolute atomic E-state index is 12.8. The molecule has 0 fully saturated rings. The fourth-order valence-electron chi connectivity index (χ4n) is 1.39. The molecule has 0 aliphatic heterocycles. The Hall–Kier alpha value is -1.13. The molecule has 0 aliphatic carbocycles. The summed E-state index contributed by atoms with van der Waals surface area (Å²) in [5.74, 6) is -5.31. The van der Waals surface area contributed by atoms with Gasteiger partial charge < -0.3 is 9.29 Å². The maximum atomic E-state index is 12.8. The molecule has 0 amide bonds. The Kier molecular flexibility index (Phi) is 6.45. The topological polar surface area (TPSA) is 57.2 Å². The quantitative estimate of drug-likeness (QED) is 0.608. The first-order valence-corrected chi connectivity index (χ1v) is 8.10. The highest BCUT2D eigenvalue weighted by molar-refractivity contribution is 7.90. The first-order chi connectivity index (χ1) is 10.7. The first kappa shape index (κ1) is 20.9. The lowest BCUT2D eigenvalue weighted by molar-refractivity contribution is -0.290. The third-order valence-corrected chi connectivity index (χ3v) is 4.60. The van der Waals surface area contributed by atoms with Gasteiger partial charge in [-0.05, 0) is 33.3 Å². The van der Waals surface area contributed by atoms with E-state index in [1.54, 1.807) is 27.7 Å². The van der Waals surface area contributed by atoms with E-state index in [1.807, 2.05) is 0 Å². The number of hydrogen-bond donors (Lipinski definition) is 1. The van der Waals surface area contributed by atoms with Crippen LogP contribution in [0.25, 0.3) is 0 Å². The van der Waals surface area contributed by atoms with Gasteiger partial charge in [0.2, 0.25) is 5.88 Å². The molecule has 0 bridgehead atoms. The van der Waals surface area contributed by atoms with E-state index in [0.717, 1.165) is 0 Å². The zero-order valence-corrected chi connectivity index (χ0v) is 14.4. The van der Waals surface area contributed by atoms with E-state index in [4.69, 9.17) is 0 Å². The molecule has 0 unspecified atom stereocenters. The number of aromatic nitrogens is 1. The minimum absolute atomic E-state index is 0.355. The lowest BCUT2D eigenvalue weighted by Crippen LogP contribution is -2.41. The molecule has 1 rings (SSSR count). The van der Waals surface area contributed by atoms with Gasteiger partial charge in [-0.2, -0.15) is 22.0 Å². The molecule has 1 heterocycles. The van der Waals surface area contributed by atoms with Crippen molar-refractivity contribution in [2.45, 2.75) is 50.6 Å². The van der Waals surface area contributed by atoms with Crippen LogP contribution in [0.1, 0.15) is 39.3 Å². The molecule has 0 radical (unpaired) electrons. The fraction of sp³-hybridized carbons (Fsp3) is 0.643. The van der Waals surface area contributed by atoms with Crippen LogP contribution in [-0.4, -0.2) is 33.0 Å². The van der Waals surface area contributed by atoms with Gasteiger partial charge in [0.25, 0.3) is 0 Å². The van der Waals surface area contributed by atoms with E-state index < -0.39 is 34.8 Å². The summed E-state index contributed by atoms with van der Waals surface area (Å²) in [6.07, 6.45) is -4.42. The fourth-order valence-corrected chi connectivity index (χ4v) is 2.20. The predicted octanol–water partition coefficient (Wildman–Crippen LogP) is 3.77. The first-order valence-electron chi connectivity index (χ1n) is 6.95. The van der Waals surface area contributed by atoms with E-state index in [2.05, 4.69) is 14.4 Å². The summed E-state index contributed by atoms with van der Waals surface area (Å²) in [5, 5.41) is 0. The van der Waals surface area contributed by atoms with E-state index in [1.165, 1.54) is 18.3 Å². The molecule has 1 N–H and O–H groups in total. The number of hydrogen-bond acceptors (Lipinski definition) is 4. The highest BCUT2D eigenvalue weighted by atomic mass is 32.2. The monoisotopic (exact) mass is 374 g/mol. The van der Waals surface area contributed by atoms with E-state index in [0.29, 0.717) is 5.56 Å². The maximum Gasteiger partial charge on any atom is 0.456 e. The number of nitrogens with one attached hydrogen (secondary N) is 1. The van der Waals surface area contributed by atoms with Gasteiger partial charge in [-0.25, -0.2) is 4.98 Å². The standard InChI is InChI=1S/C14H19F5N2O2S/c1-9(21-24(22)12(2,3)4)10-5-6-11(20-7-10)23-8-13(15,16)14(17,18)19/h5-7,9,21H,8H2,1-4H3/t9-,24-/m1/s1. The Morgan fingerprint density at radius 3 is 2.21 bits per heavy atom. The van der Waals surface area contributed by atoms with Gasteiger partial charge in [0, 0.05) is 23.6 Å². The zero-order valence-electron chi connectivity index (χ0n) is 13.6. The summed E-state index contributed by atoms with van der Waals surface area (Å²) < 4.78 is 80.4. The molecule has 138 valence electrons. The van der Waals surface area contributed by atoms with Crippen molar-refractivity contribution in [2.75, 3.05) is 6.61 Å². The van der Waals surface area contributed by atoms with Gasteiger partial charge in [-0.15, -0.1) is 4.72 Å². The number of rotatable bonds is 6. The molecule has 2 atom stereocenters. The molecule has 1 aromatic heterocycles. The van der Waals surface area contributed by atoms with Gasteiger partial charge in [-0.3, -0.25) is 0 Å². The normalized spacial score (nSPS) is 15.9. The second kappa shape index (κ2) is 7.40. The van der Waals surface area contributed by atoms with Crippen LogP contribution in [0.3, 0.4) is 0 Å². The Balaban J connectivity index is 2.66. The Morgan fingerprint density at radius 1 is 1.21 bits per heavy atom. The summed E-state index contributed by atoms with van der Waals surface area (Å²) in [6.45, 7) is 5.25. The molecule has 10 heteroatoms. The highest BCUT2D eigenvalue weighted by Crippen LogP contribution is 2.35. The van der Waals surface area contributed by atoms with Crippen LogP contribution in [0, 0.1) is 0 Å². The van der Waals surface area contributed by atoms with E-state index >= 15 is 0 Å². The van der Waals surface area contributed by atoms with Crippen LogP contribution in [0.4, 0.5) is 22.0 Å². The third-order valence-electron chi connectivity index (χ3n) is 2.92. The van der Waals surface area contributed by atoms with Gasteiger partial charge in [0.05, 0.1) is 6.04 Å². The predicted molar refractivity (Wildman–Crippen MR) is 80.2 cm³/mol. The number of nitrogens with zero attached hydrogens (tertiary/aromatic N) is 1. The smallest absolute Gasteiger partial charge is 0.456 e. The summed E-state index contributed by atoms with van der Waals surface area (Å²) >= 11 is -1.33. The van der Waals surface area contributed by atoms with Crippen LogP contribution < -0.4 is 9.46 Å². The van der Waals surface area contributed by atoms with Crippen molar-refractivity contribution in [3.63, 3.8) is 0 Å². The molecule has 0 aliphatic rings. The Morgan fingerprint density at radius 2 is 1.79 bits per heavy atom. The van der Waals surface area contributed by atoms with Gasteiger partial charge in [0.15, 0.2) is 6.61 Å². The Labute approximate surface area is 140 Å². The van der Waals surface area contributed by atoms with Crippen molar-refractivity contribution in [1.82, 2.24) is 9.71 Å². The average molecular weight is 374 g/mol. The molecule has 0 saturated heterocycles. The van der Waals surface area contributed by atoms with Gasteiger partial charge in [-0.1, -0.05) is 6.07 Å². The van der Waals surface area contributed by atoms with Crippen LogP contribution in [0.5, 0.6) is 5.88 Å². The summed E-state index contributed by atoms with van der Waals surface area (Å²) in [5.41, 5.74) is 0.586. The summed E-state index contributed by atoms with van der Waals surface area (Å²) in [6, 6.07) is 2.27. The van der Waals surface area contributed by atoms with Crippen molar-refractivity contribution < 1.29 is 31.2 Å². The minimum atomic E-state index is -5.68. The van der Waals surface area contributed by atoms with E-state index in [9.17, 15) is 26.5 Å². The lowest BCUT2D eigenvalue weighted by Gasteiger charge is -2.26. The largest absolute Gasteiger partial charge is 0.598 e. The lowest BCUT2D eigenvalue weighted by atomic mass is 10.2. The molecule has 24 heavy (non-hydrogen) atoms. The second-order valence-electron chi connectivity index (χ2n) is 6.14. The highest BCUT2D eigenvalue weighted by Gasteiger charge is 2.58. The molecule has 0 saturated carbocycles.